The van der Waals surface area contributed by atoms with Gasteiger partial charge in [-0.05, 0) is 19.5 Å². The van der Waals surface area contributed by atoms with Crippen molar-refractivity contribution in [3.8, 4) is 0 Å². The number of hydrogen-bond acceptors (Lipinski definition) is 1. The summed E-state index contributed by atoms with van der Waals surface area (Å²) < 4.78 is 5.65. The molecule has 0 spiro atoms. The van der Waals surface area contributed by atoms with Crippen molar-refractivity contribution in [1.29, 1.82) is 0 Å². The Labute approximate surface area is 70.4 Å². The fourth-order valence-electron chi connectivity index (χ4n) is 0.888. The van der Waals surface area contributed by atoms with Crippen LogP contribution in [0.1, 0.15) is 19.8 Å². The van der Waals surface area contributed by atoms with Crippen LogP contribution in [0.5, 0.6) is 0 Å². The van der Waals surface area contributed by atoms with E-state index >= 15 is 0 Å². The largest absolute Gasteiger partial charge is 0.416 e. The Morgan fingerprint density at radius 3 is 2.40 bits per heavy atom. The highest BCUT2D eigenvalue weighted by Crippen LogP contribution is 2.05. The Morgan fingerprint density at radius 2 is 2.10 bits per heavy atom. The van der Waals surface area contributed by atoms with Gasteiger partial charge >= 0.3 is 0 Å². The van der Waals surface area contributed by atoms with Crippen LogP contribution in [0.25, 0.3) is 0 Å². The van der Waals surface area contributed by atoms with Gasteiger partial charge in [-0.25, -0.2) is 0 Å². The average Bonchev–Trinajstić information content (AvgIpc) is 1.86. The molecule has 62 valence electrons. The lowest BCUT2D eigenvalue weighted by atomic mass is 10.2. The molecule has 0 aliphatic carbocycles. The highest BCUT2D eigenvalue weighted by Gasteiger charge is 2.07. The van der Waals surface area contributed by atoms with Crippen LogP contribution in [-0.4, -0.2) is 21.0 Å². The summed E-state index contributed by atoms with van der Waals surface area (Å²) in [6.45, 7) is 6.51. The van der Waals surface area contributed by atoms with Gasteiger partial charge < -0.3 is 4.43 Å². The molecule has 0 aliphatic rings. The predicted octanol–water partition coefficient (Wildman–Crippen LogP) is 2.39. The Bertz CT molecular complexity index is 78.0. The summed E-state index contributed by atoms with van der Waals surface area (Å²) >= 11 is 5.69. The monoisotopic (exact) mass is 180 g/mol. The number of rotatable bonds is 5. The molecule has 0 N–H and O–H groups in total. The molecule has 0 bridgehead atoms. The summed E-state index contributed by atoms with van der Waals surface area (Å²) in [5.74, 6) is 0.652. The molecule has 0 radical (unpaired) electrons. The van der Waals surface area contributed by atoms with Gasteiger partial charge in [0.25, 0.3) is 0 Å². The molecule has 0 saturated heterocycles. The van der Waals surface area contributed by atoms with Crippen LogP contribution in [-0.2, 0) is 4.43 Å². The summed E-state index contributed by atoms with van der Waals surface area (Å²) in [5, 5.41) is 0. The summed E-state index contributed by atoms with van der Waals surface area (Å²) in [6, 6.07) is 0. The van der Waals surface area contributed by atoms with E-state index in [-0.39, 0.29) is 0 Å². The van der Waals surface area contributed by atoms with Crippen LogP contribution >= 0.6 is 11.6 Å². The molecule has 0 aromatic heterocycles. The molecule has 0 rings (SSSR count). The van der Waals surface area contributed by atoms with Gasteiger partial charge in [0.05, 0.1) is 6.10 Å². The first kappa shape index (κ1) is 10.5. The van der Waals surface area contributed by atoms with E-state index in [2.05, 4.69) is 20.0 Å². The van der Waals surface area contributed by atoms with E-state index in [0.717, 1.165) is 6.42 Å². The zero-order chi connectivity index (χ0) is 7.98. The zero-order valence-corrected chi connectivity index (χ0v) is 8.97. The highest BCUT2D eigenvalue weighted by atomic mass is 35.5. The van der Waals surface area contributed by atoms with Crippen LogP contribution in [0.2, 0.25) is 13.1 Å². The molecule has 0 aliphatic heterocycles. The van der Waals surface area contributed by atoms with Crippen molar-refractivity contribution in [2.45, 2.75) is 39.0 Å². The van der Waals surface area contributed by atoms with Crippen molar-refractivity contribution in [3.63, 3.8) is 0 Å². The van der Waals surface area contributed by atoms with E-state index < -0.39 is 9.04 Å². The minimum absolute atomic E-state index is 0.318. The van der Waals surface area contributed by atoms with Crippen molar-refractivity contribution in [2.75, 3.05) is 5.88 Å². The standard InChI is InChI=1S/C7H17ClOSi/c1-4-5-7(6-8)9-10(2)3/h7,10H,4-6H2,1-3H3. The van der Waals surface area contributed by atoms with Crippen molar-refractivity contribution < 1.29 is 4.43 Å². The quantitative estimate of drug-likeness (QED) is 0.467. The second kappa shape index (κ2) is 6.19. The van der Waals surface area contributed by atoms with Crippen LogP contribution in [0.15, 0.2) is 0 Å². The first-order valence-corrected chi connectivity index (χ1v) is 7.23. The average molecular weight is 181 g/mol. The fourth-order valence-corrected chi connectivity index (χ4v) is 2.24. The Hall–Kier alpha value is 0.467. The molecule has 10 heavy (non-hydrogen) atoms. The van der Waals surface area contributed by atoms with Gasteiger partial charge in [-0.15, -0.1) is 11.6 Å². The van der Waals surface area contributed by atoms with Gasteiger partial charge in [-0.3, -0.25) is 0 Å². The Balaban J connectivity index is 3.39. The third kappa shape index (κ3) is 5.27. The Morgan fingerprint density at radius 1 is 1.50 bits per heavy atom. The molecule has 1 nitrogen and oxygen atoms in total. The van der Waals surface area contributed by atoms with Gasteiger partial charge in [0.2, 0.25) is 0 Å². The second-order valence-electron chi connectivity index (χ2n) is 2.75. The van der Waals surface area contributed by atoms with Crippen molar-refractivity contribution in [2.24, 2.45) is 0 Å². The molecule has 0 amide bonds. The van der Waals surface area contributed by atoms with Gasteiger partial charge in [-0.2, -0.15) is 0 Å². The second-order valence-corrected chi connectivity index (χ2v) is 5.43. The van der Waals surface area contributed by atoms with Gasteiger partial charge in [0.15, 0.2) is 9.04 Å². The van der Waals surface area contributed by atoms with E-state index in [1.165, 1.54) is 6.42 Å². The molecule has 0 fully saturated rings. The number of halogens is 1. The summed E-state index contributed by atoms with van der Waals surface area (Å²) in [5.41, 5.74) is 0. The minimum atomic E-state index is -0.862. The highest BCUT2D eigenvalue weighted by molar-refractivity contribution is 6.48. The maximum atomic E-state index is 5.69. The van der Waals surface area contributed by atoms with Gasteiger partial charge in [-0.1, -0.05) is 13.3 Å². The molecule has 0 aromatic rings. The lowest BCUT2D eigenvalue weighted by Gasteiger charge is -2.16. The predicted molar refractivity (Wildman–Crippen MR) is 49.4 cm³/mol. The molecule has 1 unspecified atom stereocenters. The van der Waals surface area contributed by atoms with Gasteiger partial charge in [0.1, 0.15) is 0 Å². The third-order valence-corrected chi connectivity index (χ3v) is 2.52. The van der Waals surface area contributed by atoms with Crippen molar-refractivity contribution in [1.82, 2.24) is 0 Å². The number of alkyl halides is 1. The van der Waals surface area contributed by atoms with Crippen LogP contribution in [0.3, 0.4) is 0 Å². The maximum Gasteiger partial charge on any atom is 0.171 e. The third-order valence-electron chi connectivity index (χ3n) is 1.25. The number of hydrogen-bond donors (Lipinski definition) is 0. The summed E-state index contributed by atoms with van der Waals surface area (Å²) in [4.78, 5) is 0. The maximum absolute atomic E-state index is 5.69. The van der Waals surface area contributed by atoms with Gasteiger partial charge in [0, 0.05) is 5.88 Å². The molecular weight excluding hydrogens is 164 g/mol. The lowest BCUT2D eigenvalue weighted by molar-refractivity contribution is 0.216. The summed E-state index contributed by atoms with van der Waals surface area (Å²) in [7, 11) is -0.862. The first-order valence-electron chi connectivity index (χ1n) is 3.92. The van der Waals surface area contributed by atoms with Crippen LogP contribution < -0.4 is 0 Å². The normalized spacial score (nSPS) is 14.1. The smallest absolute Gasteiger partial charge is 0.171 e. The van der Waals surface area contributed by atoms with E-state index in [1.54, 1.807) is 0 Å². The van der Waals surface area contributed by atoms with E-state index in [1.807, 2.05) is 0 Å². The van der Waals surface area contributed by atoms with Crippen molar-refractivity contribution >= 4 is 20.6 Å². The van der Waals surface area contributed by atoms with Crippen LogP contribution in [0, 0.1) is 0 Å². The minimum Gasteiger partial charge on any atom is -0.416 e. The van der Waals surface area contributed by atoms with E-state index in [0.29, 0.717) is 12.0 Å². The lowest BCUT2D eigenvalue weighted by Crippen LogP contribution is -2.21. The molecular formula is C7H17ClOSi. The first-order chi connectivity index (χ1) is 4.70. The Kier molecular flexibility index (Phi) is 6.48. The molecule has 1 atom stereocenters. The van der Waals surface area contributed by atoms with E-state index in [4.69, 9.17) is 16.0 Å². The van der Waals surface area contributed by atoms with Crippen LogP contribution in [0.4, 0.5) is 0 Å². The molecule has 0 aromatic carbocycles. The fraction of sp³-hybridized carbons (Fsp3) is 1.00. The summed E-state index contributed by atoms with van der Waals surface area (Å²) in [6.07, 6.45) is 2.59. The SMILES string of the molecule is CCCC(CCl)O[SiH](C)C. The zero-order valence-electron chi connectivity index (χ0n) is 7.06. The molecule has 0 saturated carbocycles. The molecule has 0 heterocycles. The topological polar surface area (TPSA) is 9.23 Å². The van der Waals surface area contributed by atoms with E-state index in [9.17, 15) is 0 Å². The molecule has 3 heteroatoms. The van der Waals surface area contributed by atoms with Crippen molar-refractivity contribution in [3.05, 3.63) is 0 Å².